The standard InChI is InChI=1S/C23H20N6O5/c1-33-14-3-2-12-10-29(20(30)15(12)6-14)11-23(21(31)27-22(32)28-23)18-7-16-17(34-18)4-5-24-19(16)13-8-25-26-9-13/h2-8,13,26H,9-11H2,1H3,(H2,27,28,31,32)/t13?,23-/m0/s1. The van der Waals surface area contributed by atoms with Gasteiger partial charge in [-0.05, 0) is 29.8 Å². The summed E-state index contributed by atoms with van der Waals surface area (Å²) >= 11 is 0. The zero-order valence-corrected chi connectivity index (χ0v) is 18.1. The van der Waals surface area contributed by atoms with Crippen LogP contribution in [0.4, 0.5) is 4.79 Å². The van der Waals surface area contributed by atoms with Gasteiger partial charge in [-0.3, -0.25) is 19.9 Å². The molecule has 34 heavy (non-hydrogen) atoms. The topological polar surface area (TPSA) is 138 Å². The molecule has 11 nitrogen and oxygen atoms in total. The van der Waals surface area contributed by atoms with Gasteiger partial charge in [0.1, 0.15) is 17.1 Å². The molecule has 3 aliphatic rings. The normalized spacial score (nSPS) is 23.3. The van der Waals surface area contributed by atoms with Crippen molar-refractivity contribution in [2.75, 3.05) is 20.2 Å². The lowest BCUT2D eigenvalue weighted by Crippen LogP contribution is -2.52. The van der Waals surface area contributed by atoms with E-state index in [1.165, 1.54) is 12.0 Å². The third-order valence-electron chi connectivity index (χ3n) is 6.47. The van der Waals surface area contributed by atoms with Gasteiger partial charge in [-0.2, -0.15) is 5.10 Å². The third kappa shape index (κ3) is 2.93. The van der Waals surface area contributed by atoms with Crippen molar-refractivity contribution in [1.82, 2.24) is 25.9 Å². The van der Waals surface area contributed by atoms with E-state index in [1.54, 1.807) is 36.7 Å². The summed E-state index contributed by atoms with van der Waals surface area (Å²) in [5, 5.41) is 9.78. The van der Waals surface area contributed by atoms with Gasteiger partial charge >= 0.3 is 6.03 Å². The Morgan fingerprint density at radius 1 is 1.24 bits per heavy atom. The number of pyridine rings is 1. The first-order valence-corrected chi connectivity index (χ1v) is 10.7. The molecular weight excluding hydrogens is 440 g/mol. The molecule has 3 aliphatic heterocycles. The van der Waals surface area contributed by atoms with Gasteiger partial charge in [0.25, 0.3) is 11.8 Å². The number of carbonyl (C=O) groups excluding carboxylic acids is 3. The number of urea groups is 1. The number of ether oxygens (including phenoxy) is 1. The van der Waals surface area contributed by atoms with Crippen molar-refractivity contribution < 1.29 is 23.5 Å². The van der Waals surface area contributed by atoms with Gasteiger partial charge < -0.3 is 24.8 Å². The van der Waals surface area contributed by atoms with Crippen molar-refractivity contribution in [3.63, 3.8) is 0 Å². The second kappa shape index (κ2) is 7.30. The second-order valence-electron chi connectivity index (χ2n) is 8.46. The Bertz CT molecular complexity index is 1400. The smallest absolute Gasteiger partial charge is 0.322 e. The molecule has 2 aromatic heterocycles. The number of imide groups is 1. The third-order valence-corrected chi connectivity index (χ3v) is 6.47. The molecule has 3 N–H and O–H groups in total. The Kier molecular flexibility index (Phi) is 4.34. The molecular formula is C23H20N6O5. The van der Waals surface area contributed by atoms with Crippen LogP contribution in [0.1, 0.15) is 33.3 Å². The molecule has 2 atom stereocenters. The highest BCUT2D eigenvalue weighted by Gasteiger charge is 2.53. The van der Waals surface area contributed by atoms with Gasteiger partial charge in [0.15, 0.2) is 5.54 Å². The first kappa shape index (κ1) is 20.2. The van der Waals surface area contributed by atoms with E-state index in [0.717, 1.165) is 11.3 Å². The molecule has 5 heterocycles. The molecule has 172 valence electrons. The fraction of sp³-hybridized carbons (Fsp3) is 0.261. The molecule has 6 rings (SSSR count). The molecule has 1 unspecified atom stereocenters. The van der Waals surface area contributed by atoms with Gasteiger partial charge in [-0.25, -0.2) is 4.79 Å². The zero-order chi connectivity index (χ0) is 23.4. The molecule has 0 aliphatic carbocycles. The molecule has 1 aromatic carbocycles. The predicted molar refractivity (Wildman–Crippen MR) is 119 cm³/mol. The van der Waals surface area contributed by atoms with E-state index in [2.05, 4.69) is 26.1 Å². The number of nitrogens with one attached hydrogen (secondary N) is 3. The van der Waals surface area contributed by atoms with Gasteiger partial charge in [0.2, 0.25) is 0 Å². The molecule has 0 radical (unpaired) electrons. The van der Waals surface area contributed by atoms with Crippen molar-refractivity contribution in [2.45, 2.75) is 18.0 Å². The van der Waals surface area contributed by atoms with Crippen molar-refractivity contribution in [1.29, 1.82) is 0 Å². The quantitative estimate of drug-likeness (QED) is 0.487. The first-order valence-electron chi connectivity index (χ1n) is 10.7. The summed E-state index contributed by atoms with van der Waals surface area (Å²) in [5.41, 5.74) is 3.91. The number of aromatic nitrogens is 1. The number of hydrogen-bond donors (Lipinski definition) is 3. The van der Waals surface area contributed by atoms with Crippen LogP contribution in [0.2, 0.25) is 0 Å². The van der Waals surface area contributed by atoms with Crippen LogP contribution in [0.25, 0.3) is 11.0 Å². The van der Waals surface area contributed by atoms with Crippen LogP contribution >= 0.6 is 0 Å². The Balaban J connectivity index is 1.41. The Morgan fingerprint density at radius 3 is 2.85 bits per heavy atom. The van der Waals surface area contributed by atoms with Crippen LogP contribution in [0.15, 0.2) is 46.0 Å². The summed E-state index contributed by atoms with van der Waals surface area (Å²) in [6.07, 6.45) is 3.40. The number of amides is 4. The largest absolute Gasteiger partial charge is 0.497 e. The zero-order valence-electron chi connectivity index (χ0n) is 18.1. The lowest BCUT2D eigenvalue weighted by Gasteiger charge is -2.29. The van der Waals surface area contributed by atoms with E-state index in [4.69, 9.17) is 9.15 Å². The number of hydrazone groups is 1. The molecule has 1 saturated heterocycles. The lowest BCUT2D eigenvalue weighted by molar-refractivity contribution is -0.125. The van der Waals surface area contributed by atoms with Crippen LogP contribution in [0, 0.1) is 0 Å². The van der Waals surface area contributed by atoms with Gasteiger partial charge in [-0.1, -0.05) is 6.07 Å². The Morgan fingerprint density at radius 2 is 2.12 bits per heavy atom. The van der Waals surface area contributed by atoms with Crippen molar-refractivity contribution >= 4 is 35.0 Å². The molecule has 11 heteroatoms. The molecule has 0 saturated carbocycles. The summed E-state index contributed by atoms with van der Waals surface area (Å²) in [5.74, 6) is -0.102. The van der Waals surface area contributed by atoms with Gasteiger partial charge in [-0.15, -0.1) is 0 Å². The number of hydrogen-bond acceptors (Lipinski definition) is 8. The predicted octanol–water partition coefficient (Wildman–Crippen LogP) is 1.20. The minimum Gasteiger partial charge on any atom is -0.497 e. The highest BCUT2D eigenvalue weighted by Crippen LogP contribution is 2.36. The van der Waals surface area contributed by atoms with Gasteiger partial charge in [0, 0.05) is 36.5 Å². The van der Waals surface area contributed by atoms with Crippen molar-refractivity contribution in [3.8, 4) is 5.75 Å². The maximum atomic E-state index is 13.2. The van der Waals surface area contributed by atoms with Crippen LogP contribution < -0.4 is 20.8 Å². The van der Waals surface area contributed by atoms with Crippen LogP contribution in [0.3, 0.4) is 0 Å². The average molecular weight is 460 g/mol. The van der Waals surface area contributed by atoms with E-state index in [9.17, 15) is 14.4 Å². The maximum absolute atomic E-state index is 13.2. The minimum absolute atomic E-state index is 0.0539. The summed E-state index contributed by atoms with van der Waals surface area (Å²) in [4.78, 5) is 44.6. The Labute approximate surface area is 193 Å². The number of rotatable bonds is 5. The number of nitrogens with zero attached hydrogens (tertiary/aromatic N) is 3. The summed E-state index contributed by atoms with van der Waals surface area (Å²) in [6, 6.07) is 8.04. The fourth-order valence-electron chi connectivity index (χ4n) is 4.74. The number of benzene rings is 1. The number of methoxy groups -OCH3 is 1. The van der Waals surface area contributed by atoms with Crippen molar-refractivity contribution in [3.05, 3.63) is 59.1 Å². The monoisotopic (exact) mass is 460 g/mol. The second-order valence-corrected chi connectivity index (χ2v) is 8.46. The summed E-state index contributed by atoms with van der Waals surface area (Å²) in [7, 11) is 1.53. The molecule has 4 amide bonds. The molecule has 0 spiro atoms. The number of carbonyl (C=O) groups is 3. The minimum atomic E-state index is -1.59. The van der Waals surface area contributed by atoms with E-state index < -0.39 is 17.5 Å². The van der Waals surface area contributed by atoms with Crippen LogP contribution in [-0.4, -0.2) is 54.1 Å². The maximum Gasteiger partial charge on any atom is 0.322 e. The Hall–Kier alpha value is -4.41. The molecule has 3 aromatic rings. The average Bonchev–Trinajstić information content (AvgIpc) is 3.61. The summed E-state index contributed by atoms with van der Waals surface area (Å²) < 4.78 is 11.3. The van der Waals surface area contributed by atoms with E-state index in [-0.39, 0.29) is 24.1 Å². The van der Waals surface area contributed by atoms with E-state index >= 15 is 0 Å². The van der Waals surface area contributed by atoms with Gasteiger partial charge in [0.05, 0.1) is 25.3 Å². The van der Waals surface area contributed by atoms with Crippen molar-refractivity contribution in [2.24, 2.45) is 5.10 Å². The van der Waals surface area contributed by atoms with E-state index in [1.807, 2.05) is 6.07 Å². The fourth-order valence-corrected chi connectivity index (χ4v) is 4.74. The highest BCUT2D eigenvalue weighted by atomic mass is 16.5. The molecule has 0 bridgehead atoms. The number of furan rings is 1. The van der Waals surface area contributed by atoms with Crippen LogP contribution in [-0.2, 0) is 16.9 Å². The van der Waals surface area contributed by atoms with Crippen LogP contribution in [0.5, 0.6) is 5.75 Å². The number of fused-ring (bicyclic) bond motifs is 2. The summed E-state index contributed by atoms with van der Waals surface area (Å²) in [6.45, 7) is 0.786. The highest BCUT2D eigenvalue weighted by molar-refractivity contribution is 6.08. The molecule has 1 fully saturated rings. The first-order chi connectivity index (χ1) is 16.5. The SMILES string of the molecule is COc1ccc2c(c1)C(=O)N(C[C@@]1(c3cc4c(C5C=NNC5)nccc4o3)NC(=O)NC1=O)C2. The van der Waals surface area contributed by atoms with E-state index in [0.29, 0.717) is 35.4 Å². The lowest BCUT2D eigenvalue weighted by atomic mass is 9.94.